The van der Waals surface area contributed by atoms with E-state index in [2.05, 4.69) is 12.2 Å². The van der Waals surface area contributed by atoms with Gasteiger partial charge in [0.15, 0.2) is 0 Å². The number of halogens is 2. The molecule has 106 valence electrons. The van der Waals surface area contributed by atoms with E-state index in [0.717, 1.165) is 12.8 Å². The second-order valence-electron chi connectivity index (χ2n) is 4.13. The van der Waals surface area contributed by atoms with Crippen molar-refractivity contribution in [3.63, 3.8) is 0 Å². The van der Waals surface area contributed by atoms with Gasteiger partial charge in [-0.05, 0) is 6.42 Å². The Bertz CT molecular complexity index is 426. The molecule has 0 bridgehead atoms. The van der Waals surface area contributed by atoms with Crippen LogP contribution in [0.15, 0.2) is 12.1 Å². The summed E-state index contributed by atoms with van der Waals surface area (Å²) >= 11 is 12.1. The van der Waals surface area contributed by atoms with E-state index < -0.39 is 4.92 Å². The van der Waals surface area contributed by atoms with Gasteiger partial charge in [0.25, 0.3) is 5.69 Å². The van der Waals surface area contributed by atoms with Gasteiger partial charge in [0, 0.05) is 25.3 Å². The van der Waals surface area contributed by atoms with Crippen LogP contribution in [0.3, 0.4) is 0 Å². The number of hydrogen-bond acceptors (Lipinski definition) is 4. The molecule has 0 aliphatic heterocycles. The Balaban J connectivity index is 2.96. The maximum atomic E-state index is 10.7. The summed E-state index contributed by atoms with van der Waals surface area (Å²) in [6.07, 6.45) is 1.86. The Morgan fingerprint density at radius 3 is 2.42 bits per heavy atom. The minimum atomic E-state index is -0.528. The number of benzene rings is 1. The fourth-order valence-corrected chi connectivity index (χ4v) is 2.34. The van der Waals surface area contributed by atoms with Crippen LogP contribution in [0.2, 0.25) is 10.0 Å². The highest BCUT2D eigenvalue weighted by atomic mass is 35.5. The third kappa shape index (κ3) is 4.53. The number of nitro groups is 1. The molecule has 0 saturated carbocycles. The van der Waals surface area contributed by atoms with Crippen LogP contribution in [0.5, 0.6) is 0 Å². The molecule has 0 aliphatic rings. The number of nitro benzene ring substituents is 1. The first-order valence-electron chi connectivity index (χ1n) is 5.88. The molecule has 7 heteroatoms. The Labute approximate surface area is 122 Å². The van der Waals surface area contributed by atoms with Crippen molar-refractivity contribution in [3.8, 4) is 0 Å². The molecule has 0 fully saturated rings. The van der Waals surface area contributed by atoms with E-state index in [1.165, 1.54) is 12.1 Å². The number of hydrogen-bond donors (Lipinski definition) is 1. The fourth-order valence-electron chi connectivity index (χ4n) is 1.75. The molecule has 0 heterocycles. The molecule has 0 amide bonds. The highest BCUT2D eigenvalue weighted by Crippen LogP contribution is 2.35. The Kier molecular flexibility index (Phi) is 6.34. The third-order valence-corrected chi connectivity index (χ3v) is 3.19. The van der Waals surface area contributed by atoms with Gasteiger partial charge in [0.1, 0.15) is 0 Å². The van der Waals surface area contributed by atoms with E-state index in [0.29, 0.717) is 12.3 Å². The normalized spacial score (nSPS) is 12.2. The topological polar surface area (TPSA) is 64.4 Å². The monoisotopic (exact) mass is 306 g/mol. The summed E-state index contributed by atoms with van der Waals surface area (Å²) in [7, 11) is 1.61. The molecule has 1 aromatic rings. The minimum absolute atomic E-state index is 0.0615. The number of nitrogens with zero attached hydrogens (tertiary/aromatic N) is 1. The van der Waals surface area contributed by atoms with Crippen molar-refractivity contribution in [3.05, 3.63) is 32.3 Å². The summed E-state index contributed by atoms with van der Waals surface area (Å²) in [6.45, 7) is 2.57. The molecule has 0 saturated heterocycles. The largest absolute Gasteiger partial charge is 0.383 e. The molecule has 1 atom stereocenters. The lowest BCUT2D eigenvalue weighted by atomic mass is 10.1. The highest BCUT2D eigenvalue weighted by molar-refractivity contribution is 6.39. The Hall–Kier alpha value is -1.04. The second kappa shape index (κ2) is 7.53. The lowest BCUT2D eigenvalue weighted by Crippen LogP contribution is -2.25. The first kappa shape index (κ1) is 16.0. The number of nitrogens with one attached hydrogen (secondary N) is 1. The lowest BCUT2D eigenvalue weighted by molar-refractivity contribution is -0.384. The van der Waals surface area contributed by atoms with Gasteiger partial charge >= 0.3 is 0 Å². The van der Waals surface area contributed by atoms with Crippen LogP contribution >= 0.6 is 23.2 Å². The molecule has 5 nitrogen and oxygen atoms in total. The van der Waals surface area contributed by atoms with E-state index in [4.69, 9.17) is 27.9 Å². The zero-order valence-corrected chi connectivity index (χ0v) is 12.3. The van der Waals surface area contributed by atoms with E-state index in [1.807, 2.05) is 0 Å². The van der Waals surface area contributed by atoms with Crippen LogP contribution in [0.4, 0.5) is 11.4 Å². The first-order chi connectivity index (χ1) is 8.99. The smallest absolute Gasteiger partial charge is 0.272 e. The van der Waals surface area contributed by atoms with Gasteiger partial charge in [0.05, 0.1) is 27.3 Å². The molecule has 1 N–H and O–H groups in total. The number of ether oxygens (including phenoxy) is 1. The molecule has 0 radical (unpaired) electrons. The third-order valence-electron chi connectivity index (χ3n) is 2.59. The van der Waals surface area contributed by atoms with E-state index >= 15 is 0 Å². The van der Waals surface area contributed by atoms with Crippen LogP contribution in [0, 0.1) is 10.1 Å². The van der Waals surface area contributed by atoms with Crippen molar-refractivity contribution in [2.24, 2.45) is 0 Å². The SMILES string of the molecule is CCCC(COC)Nc1c(Cl)cc([N+](=O)[O-])cc1Cl. The number of anilines is 1. The molecule has 0 aliphatic carbocycles. The van der Waals surface area contributed by atoms with E-state index in [-0.39, 0.29) is 21.8 Å². The molecule has 1 unspecified atom stereocenters. The van der Waals surface area contributed by atoms with E-state index in [1.54, 1.807) is 7.11 Å². The Morgan fingerprint density at radius 2 is 2.00 bits per heavy atom. The fraction of sp³-hybridized carbons (Fsp3) is 0.500. The predicted molar refractivity (Wildman–Crippen MR) is 77.3 cm³/mol. The molecule has 0 spiro atoms. The van der Waals surface area contributed by atoms with Crippen molar-refractivity contribution in [2.75, 3.05) is 19.0 Å². The molecule has 1 rings (SSSR count). The van der Waals surface area contributed by atoms with Gasteiger partial charge < -0.3 is 10.1 Å². The van der Waals surface area contributed by atoms with Crippen LogP contribution < -0.4 is 5.32 Å². The van der Waals surface area contributed by atoms with Crippen LogP contribution in [-0.2, 0) is 4.74 Å². The average Bonchev–Trinajstić information content (AvgIpc) is 2.33. The highest BCUT2D eigenvalue weighted by Gasteiger charge is 2.17. The minimum Gasteiger partial charge on any atom is -0.383 e. The maximum Gasteiger partial charge on any atom is 0.272 e. The summed E-state index contributed by atoms with van der Waals surface area (Å²) in [5.74, 6) is 0. The predicted octanol–water partition coefficient (Wildman–Crippen LogP) is 4.13. The first-order valence-corrected chi connectivity index (χ1v) is 6.64. The quantitative estimate of drug-likeness (QED) is 0.607. The molecule has 19 heavy (non-hydrogen) atoms. The molecule has 1 aromatic carbocycles. The average molecular weight is 307 g/mol. The number of rotatable bonds is 7. The van der Waals surface area contributed by atoms with Crippen molar-refractivity contribution in [1.29, 1.82) is 0 Å². The lowest BCUT2D eigenvalue weighted by Gasteiger charge is -2.20. The van der Waals surface area contributed by atoms with Gasteiger partial charge in [-0.25, -0.2) is 0 Å². The van der Waals surface area contributed by atoms with Gasteiger partial charge in [-0.15, -0.1) is 0 Å². The molecule has 0 aromatic heterocycles. The summed E-state index contributed by atoms with van der Waals surface area (Å²) < 4.78 is 5.11. The standard InChI is InChI=1S/C12H16Cl2N2O3/c1-3-4-8(7-19-2)15-12-10(13)5-9(16(17)18)6-11(12)14/h5-6,8,15H,3-4,7H2,1-2H3. The number of methoxy groups -OCH3 is 1. The van der Waals surface area contributed by atoms with Gasteiger partial charge in [0.2, 0.25) is 0 Å². The summed E-state index contributed by atoms with van der Waals surface area (Å²) in [5, 5.41) is 14.3. The number of non-ortho nitro benzene ring substituents is 1. The zero-order valence-electron chi connectivity index (χ0n) is 10.8. The summed E-state index contributed by atoms with van der Waals surface area (Å²) in [5.41, 5.74) is 0.378. The Morgan fingerprint density at radius 1 is 1.42 bits per heavy atom. The second-order valence-corrected chi connectivity index (χ2v) is 4.94. The van der Waals surface area contributed by atoms with Gasteiger partial charge in [-0.1, -0.05) is 36.5 Å². The van der Waals surface area contributed by atoms with Crippen LogP contribution in [0.1, 0.15) is 19.8 Å². The summed E-state index contributed by atoms with van der Waals surface area (Å²) in [4.78, 5) is 10.2. The van der Waals surface area contributed by atoms with Crippen LogP contribution in [0.25, 0.3) is 0 Å². The molecular weight excluding hydrogens is 291 g/mol. The van der Waals surface area contributed by atoms with Crippen LogP contribution in [-0.4, -0.2) is 24.7 Å². The molecular formula is C12H16Cl2N2O3. The zero-order chi connectivity index (χ0) is 14.4. The van der Waals surface area contributed by atoms with Crippen molar-refractivity contribution in [1.82, 2.24) is 0 Å². The van der Waals surface area contributed by atoms with Gasteiger partial charge in [-0.2, -0.15) is 0 Å². The van der Waals surface area contributed by atoms with Crippen molar-refractivity contribution in [2.45, 2.75) is 25.8 Å². The van der Waals surface area contributed by atoms with Crippen molar-refractivity contribution < 1.29 is 9.66 Å². The van der Waals surface area contributed by atoms with Crippen molar-refractivity contribution >= 4 is 34.6 Å². The van der Waals surface area contributed by atoms with Gasteiger partial charge in [-0.3, -0.25) is 10.1 Å². The van der Waals surface area contributed by atoms with E-state index in [9.17, 15) is 10.1 Å². The summed E-state index contributed by atoms with van der Waals surface area (Å²) in [6, 6.07) is 2.63. The maximum absolute atomic E-state index is 10.7.